The minimum atomic E-state index is 0.259. The maximum absolute atomic E-state index is 4.26. The summed E-state index contributed by atoms with van der Waals surface area (Å²) < 4.78 is 0. The Labute approximate surface area is 183 Å². The number of benzene rings is 2. The Balaban J connectivity index is 1.60. The van der Waals surface area contributed by atoms with Crippen LogP contribution in [-0.4, -0.2) is 5.54 Å². The molecule has 2 saturated carbocycles. The van der Waals surface area contributed by atoms with E-state index in [0.29, 0.717) is 5.92 Å². The van der Waals surface area contributed by atoms with E-state index in [1.807, 2.05) is 0 Å². The van der Waals surface area contributed by atoms with Crippen molar-refractivity contribution in [2.24, 2.45) is 5.92 Å². The van der Waals surface area contributed by atoms with E-state index >= 15 is 0 Å². The number of rotatable bonds is 9. The van der Waals surface area contributed by atoms with Gasteiger partial charge >= 0.3 is 0 Å². The normalized spacial score (nSPS) is 18.0. The van der Waals surface area contributed by atoms with E-state index in [9.17, 15) is 0 Å². The quantitative estimate of drug-likeness (QED) is 0.445. The molecule has 2 nitrogen and oxygen atoms in total. The van der Waals surface area contributed by atoms with Crippen LogP contribution in [0.3, 0.4) is 0 Å². The predicted molar refractivity (Wildman–Crippen MR) is 128 cm³/mol. The van der Waals surface area contributed by atoms with Crippen molar-refractivity contribution in [3.8, 4) is 11.1 Å². The third-order valence-electron chi connectivity index (χ3n) is 6.99. The molecule has 2 aromatic rings. The molecule has 0 amide bonds. The lowest BCUT2D eigenvalue weighted by molar-refractivity contribution is 0.474. The number of hydrogen-bond acceptors (Lipinski definition) is 2. The van der Waals surface area contributed by atoms with E-state index < -0.39 is 0 Å². The van der Waals surface area contributed by atoms with Crippen molar-refractivity contribution in [1.82, 2.24) is 10.9 Å². The van der Waals surface area contributed by atoms with Crippen molar-refractivity contribution >= 4 is 0 Å². The van der Waals surface area contributed by atoms with Crippen LogP contribution in [0.5, 0.6) is 0 Å². The van der Waals surface area contributed by atoms with Crippen molar-refractivity contribution in [2.45, 2.75) is 83.6 Å². The van der Waals surface area contributed by atoms with Gasteiger partial charge < -0.3 is 5.43 Å². The highest BCUT2D eigenvalue weighted by Crippen LogP contribution is 2.36. The molecule has 0 unspecified atom stereocenters. The molecule has 0 aliphatic heterocycles. The van der Waals surface area contributed by atoms with E-state index in [1.54, 1.807) is 0 Å². The van der Waals surface area contributed by atoms with Gasteiger partial charge in [-0.2, -0.15) is 0 Å². The number of hydrogen-bond donors (Lipinski definition) is 2. The van der Waals surface area contributed by atoms with Gasteiger partial charge in [0.05, 0.1) is 0 Å². The number of allylic oxidation sites excluding steroid dienone is 1. The Morgan fingerprint density at radius 2 is 1.80 bits per heavy atom. The lowest BCUT2D eigenvalue weighted by atomic mass is 9.85. The highest BCUT2D eigenvalue weighted by Gasteiger charge is 2.36. The molecular formula is C28H38N2. The van der Waals surface area contributed by atoms with Gasteiger partial charge in [0.15, 0.2) is 0 Å². The summed E-state index contributed by atoms with van der Waals surface area (Å²) >= 11 is 0. The Kier molecular flexibility index (Phi) is 6.34. The molecule has 2 aliphatic rings. The Morgan fingerprint density at radius 1 is 1.07 bits per heavy atom. The van der Waals surface area contributed by atoms with Crippen LogP contribution < -0.4 is 10.9 Å². The van der Waals surface area contributed by atoms with Gasteiger partial charge in [-0.3, -0.25) is 0 Å². The van der Waals surface area contributed by atoms with Gasteiger partial charge in [0, 0.05) is 17.7 Å². The molecule has 160 valence electrons. The summed E-state index contributed by atoms with van der Waals surface area (Å²) in [5, 5.41) is 0. The third-order valence-corrected chi connectivity index (χ3v) is 6.99. The minimum absolute atomic E-state index is 0.259. The van der Waals surface area contributed by atoms with E-state index in [2.05, 4.69) is 80.7 Å². The Morgan fingerprint density at radius 3 is 2.50 bits per heavy atom. The first-order valence-corrected chi connectivity index (χ1v) is 11.9. The zero-order valence-corrected chi connectivity index (χ0v) is 19.1. The van der Waals surface area contributed by atoms with Crippen LogP contribution in [-0.2, 0) is 12.8 Å². The molecule has 2 heteroatoms. The van der Waals surface area contributed by atoms with Crippen LogP contribution in [0.25, 0.3) is 11.1 Å². The van der Waals surface area contributed by atoms with Crippen LogP contribution >= 0.6 is 0 Å². The zero-order chi connectivity index (χ0) is 21.1. The smallest absolute Gasteiger partial charge is 0.0344 e. The van der Waals surface area contributed by atoms with E-state index in [-0.39, 0.29) is 5.54 Å². The van der Waals surface area contributed by atoms with Crippen molar-refractivity contribution in [3.63, 3.8) is 0 Å². The van der Waals surface area contributed by atoms with Crippen LogP contribution in [0.1, 0.15) is 81.9 Å². The number of nitrogens with one attached hydrogen (secondary N) is 2. The molecular weight excluding hydrogens is 364 g/mol. The molecule has 4 rings (SSSR count). The van der Waals surface area contributed by atoms with Gasteiger partial charge in [0.2, 0.25) is 0 Å². The average molecular weight is 403 g/mol. The maximum atomic E-state index is 4.26. The summed E-state index contributed by atoms with van der Waals surface area (Å²) in [5.74, 6) is 1.37. The molecule has 2 N–H and O–H groups in total. The first kappa shape index (κ1) is 21.2. The monoisotopic (exact) mass is 402 g/mol. The zero-order valence-electron chi connectivity index (χ0n) is 19.1. The van der Waals surface area contributed by atoms with Crippen LogP contribution in [0.15, 0.2) is 54.7 Å². The van der Waals surface area contributed by atoms with Gasteiger partial charge in [-0.25, -0.2) is 5.43 Å². The van der Waals surface area contributed by atoms with E-state index in [1.165, 1.54) is 72.8 Å². The molecule has 0 spiro atoms. The van der Waals surface area contributed by atoms with Gasteiger partial charge in [-0.1, -0.05) is 88.6 Å². The van der Waals surface area contributed by atoms with Crippen molar-refractivity contribution < 1.29 is 0 Å². The summed E-state index contributed by atoms with van der Waals surface area (Å²) in [6, 6.07) is 16.1. The summed E-state index contributed by atoms with van der Waals surface area (Å²) in [6.07, 6.45) is 10.1. The fraction of sp³-hybridized carbons (Fsp3) is 0.500. The largest absolute Gasteiger partial charge is 0.325 e. The second kappa shape index (κ2) is 8.98. The second-order valence-electron chi connectivity index (χ2n) is 10.2. The first-order valence-electron chi connectivity index (χ1n) is 11.9. The Hall–Kier alpha value is -2.06. The van der Waals surface area contributed by atoms with Gasteiger partial charge in [-0.05, 0) is 65.8 Å². The summed E-state index contributed by atoms with van der Waals surface area (Å²) in [5.41, 5.74) is 15.2. The van der Waals surface area contributed by atoms with Crippen molar-refractivity contribution in [2.75, 3.05) is 0 Å². The molecule has 0 saturated heterocycles. The minimum Gasteiger partial charge on any atom is -0.325 e. The van der Waals surface area contributed by atoms with Crippen LogP contribution in [0, 0.1) is 5.92 Å². The molecule has 0 aromatic heterocycles. The fourth-order valence-electron chi connectivity index (χ4n) is 4.78. The standard InChI is InChI=1S/C28H38N2/c1-20(2)25-11-7-8-12-26(25)27-19-23(17-21(3)29-30-28(4)15-16-28)13-14-24(27)18-22-9-5-6-10-22/h7-8,11-14,19-20,22,29-30H,3,5-6,9-10,15-18H2,1-2,4H3. The number of hydrazine groups is 1. The molecule has 0 atom stereocenters. The summed E-state index contributed by atoms with van der Waals surface area (Å²) in [6.45, 7) is 11.1. The van der Waals surface area contributed by atoms with Gasteiger partial charge in [-0.15, -0.1) is 0 Å². The fourth-order valence-corrected chi connectivity index (χ4v) is 4.78. The average Bonchev–Trinajstić information content (AvgIpc) is 3.25. The van der Waals surface area contributed by atoms with E-state index in [0.717, 1.165) is 18.0 Å². The van der Waals surface area contributed by atoms with Gasteiger partial charge in [0.25, 0.3) is 0 Å². The summed E-state index contributed by atoms with van der Waals surface area (Å²) in [7, 11) is 0. The maximum Gasteiger partial charge on any atom is 0.0344 e. The molecule has 2 aliphatic carbocycles. The van der Waals surface area contributed by atoms with Crippen molar-refractivity contribution in [3.05, 3.63) is 71.4 Å². The molecule has 2 aromatic carbocycles. The lowest BCUT2D eigenvalue weighted by Crippen LogP contribution is -2.40. The lowest BCUT2D eigenvalue weighted by Gasteiger charge is -2.20. The molecule has 0 heterocycles. The molecule has 0 radical (unpaired) electrons. The molecule has 30 heavy (non-hydrogen) atoms. The van der Waals surface area contributed by atoms with Crippen LogP contribution in [0.2, 0.25) is 0 Å². The molecule has 0 bridgehead atoms. The highest BCUT2D eigenvalue weighted by atomic mass is 15.4. The predicted octanol–water partition coefficient (Wildman–Crippen LogP) is 6.91. The van der Waals surface area contributed by atoms with Crippen molar-refractivity contribution in [1.29, 1.82) is 0 Å². The third kappa shape index (κ3) is 5.16. The van der Waals surface area contributed by atoms with Gasteiger partial charge in [0.1, 0.15) is 0 Å². The van der Waals surface area contributed by atoms with Crippen LogP contribution in [0.4, 0.5) is 0 Å². The second-order valence-corrected chi connectivity index (χ2v) is 10.2. The highest BCUT2D eigenvalue weighted by molar-refractivity contribution is 5.72. The molecule has 2 fully saturated rings. The summed E-state index contributed by atoms with van der Waals surface area (Å²) in [4.78, 5) is 0. The SMILES string of the molecule is C=C(Cc1ccc(CC2CCCC2)c(-c2ccccc2C(C)C)c1)NNC1(C)CC1. The Bertz CT molecular complexity index is 885. The van der Waals surface area contributed by atoms with E-state index in [4.69, 9.17) is 0 Å². The topological polar surface area (TPSA) is 24.1 Å². The first-order chi connectivity index (χ1) is 14.4.